The lowest BCUT2D eigenvalue weighted by atomic mass is 10.3. The maximum absolute atomic E-state index is 11.5. The second-order valence-electron chi connectivity index (χ2n) is 6.12. The van der Waals surface area contributed by atoms with Crippen LogP contribution in [0.4, 0.5) is 0 Å². The first-order valence-corrected chi connectivity index (χ1v) is 10.3. The molecule has 170 valence electrons. The number of esters is 2. The SMILES string of the molecule is CC.COC(=O)c1cccc(CNCCNCCNCc2cccc(C(=O)OC)n2)n1. The zero-order valence-electron chi connectivity index (χ0n) is 18.7. The number of carbonyl (C=O) groups excluding carboxylic acids is 2. The van der Waals surface area contributed by atoms with Gasteiger partial charge in [0.25, 0.3) is 0 Å². The van der Waals surface area contributed by atoms with Gasteiger partial charge in [0.05, 0.1) is 25.6 Å². The summed E-state index contributed by atoms with van der Waals surface area (Å²) in [5.74, 6) is -0.874. The van der Waals surface area contributed by atoms with E-state index in [-0.39, 0.29) is 0 Å². The molecule has 0 aliphatic heterocycles. The van der Waals surface area contributed by atoms with E-state index in [1.54, 1.807) is 24.3 Å². The van der Waals surface area contributed by atoms with Crippen molar-refractivity contribution in [2.24, 2.45) is 0 Å². The largest absolute Gasteiger partial charge is 0.464 e. The highest BCUT2D eigenvalue weighted by Gasteiger charge is 2.08. The van der Waals surface area contributed by atoms with Crippen LogP contribution >= 0.6 is 0 Å². The Morgan fingerprint density at radius 2 is 1.10 bits per heavy atom. The molecular formula is C22H33N5O4. The zero-order valence-corrected chi connectivity index (χ0v) is 18.7. The average molecular weight is 432 g/mol. The van der Waals surface area contributed by atoms with Crippen molar-refractivity contribution < 1.29 is 19.1 Å². The summed E-state index contributed by atoms with van der Waals surface area (Å²) in [5.41, 5.74) is 2.19. The molecule has 9 nitrogen and oxygen atoms in total. The van der Waals surface area contributed by atoms with Gasteiger partial charge in [-0.1, -0.05) is 26.0 Å². The predicted molar refractivity (Wildman–Crippen MR) is 119 cm³/mol. The van der Waals surface area contributed by atoms with Crippen LogP contribution in [0.25, 0.3) is 0 Å². The smallest absolute Gasteiger partial charge is 0.356 e. The van der Waals surface area contributed by atoms with Gasteiger partial charge in [0.2, 0.25) is 0 Å². The number of pyridine rings is 2. The van der Waals surface area contributed by atoms with Gasteiger partial charge in [-0.25, -0.2) is 19.6 Å². The second-order valence-corrected chi connectivity index (χ2v) is 6.12. The molecule has 0 aromatic carbocycles. The molecule has 0 spiro atoms. The van der Waals surface area contributed by atoms with E-state index in [9.17, 15) is 9.59 Å². The molecule has 0 aliphatic rings. The lowest BCUT2D eigenvalue weighted by molar-refractivity contribution is 0.0585. The Morgan fingerprint density at radius 3 is 1.48 bits per heavy atom. The number of hydrogen-bond donors (Lipinski definition) is 3. The van der Waals surface area contributed by atoms with E-state index in [4.69, 9.17) is 0 Å². The fourth-order valence-electron chi connectivity index (χ4n) is 2.50. The molecule has 0 unspecified atom stereocenters. The highest BCUT2D eigenvalue weighted by Crippen LogP contribution is 2.01. The summed E-state index contributed by atoms with van der Waals surface area (Å²) in [6.07, 6.45) is 0. The molecule has 0 saturated carbocycles. The van der Waals surface area contributed by atoms with Crippen molar-refractivity contribution in [3.63, 3.8) is 0 Å². The van der Waals surface area contributed by atoms with Gasteiger partial charge in [-0.2, -0.15) is 0 Å². The number of ether oxygens (including phenoxy) is 2. The first kappa shape index (κ1) is 26.2. The molecule has 0 aliphatic carbocycles. The Balaban J connectivity index is 0.00000233. The van der Waals surface area contributed by atoms with E-state index in [1.165, 1.54) is 14.2 Å². The van der Waals surface area contributed by atoms with Gasteiger partial charge < -0.3 is 25.4 Å². The van der Waals surface area contributed by atoms with Crippen LogP contribution < -0.4 is 16.0 Å². The number of carbonyl (C=O) groups is 2. The fourth-order valence-corrected chi connectivity index (χ4v) is 2.50. The summed E-state index contributed by atoms with van der Waals surface area (Å²) >= 11 is 0. The molecule has 3 N–H and O–H groups in total. The van der Waals surface area contributed by atoms with Crippen molar-refractivity contribution in [1.29, 1.82) is 0 Å². The minimum atomic E-state index is -0.437. The Hall–Kier alpha value is -2.88. The standard InChI is InChI=1S/C20H27N5O4.C2H6/c1-28-19(26)17-7-3-5-15(24-17)13-22-11-9-21-10-12-23-14-16-6-4-8-18(25-16)20(27)29-2;1-2/h3-8,21-23H,9-14H2,1-2H3;1-2H3. The van der Waals surface area contributed by atoms with Crippen LogP contribution in [0.2, 0.25) is 0 Å². The van der Waals surface area contributed by atoms with E-state index in [0.717, 1.165) is 37.6 Å². The third kappa shape index (κ3) is 10.1. The van der Waals surface area contributed by atoms with Crippen LogP contribution in [0.5, 0.6) is 0 Å². The van der Waals surface area contributed by atoms with Crippen molar-refractivity contribution in [2.75, 3.05) is 40.4 Å². The second kappa shape index (κ2) is 15.9. The van der Waals surface area contributed by atoms with Crippen LogP contribution in [-0.4, -0.2) is 62.3 Å². The summed E-state index contributed by atoms with van der Waals surface area (Å²) in [5, 5.41) is 9.87. The summed E-state index contributed by atoms with van der Waals surface area (Å²) in [6, 6.07) is 10.6. The summed E-state index contributed by atoms with van der Waals surface area (Å²) in [7, 11) is 2.68. The zero-order chi connectivity index (χ0) is 22.9. The molecule has 0 saturated heterocycles. The van der Waals surface area contributed by atoms with Gasteiger partial charge in [0, 0.05) is 39.3 Å². The van der Waals surface area contributed by atoms with E-state index < -0.39 is 11.9 Å². The lowest BCUT2D eigenvalue weighted by Crippen LogP contribution is -2.32. The van der Waals surface area contributed by atoms with E-state index >= 15 is 0 Å². The minimum Gasteiger partial charge on any atom is -0.464 e. The Kier molecular flexibility index (Phi) is 13.4. The Labute approximate surface area is 184 Å². The molecule has 2 aromatic heterocycles. The molecule has 0 bridgehead atoms. The van der Waals surface area contributed by atoms with Crippen LogP contribution in [-0.2, 0) is 22.6 Å². The average Bonchev–Trinajstić information content (AvgIpc) is 2.83. The Morgan fingerprint density at radius 1 is 0.710 bits per heavy atom. The molecule has 2 rings (SSSR count). The number of nitrogens with zero attached hydrogens (tertiary/aromatic N) is 2. The lowest BCUT2D eigenvalue weighted by Gasteiger charge is -2.08. The van der Waals surface area contributed by atoms with Gasteiger partial charge in [0.1, 0.15) is 11.4 Å². The number of hydrogen-bond acceptors (Lipinski definition) is 9. The molecule has 0 radical (unpaired) electrons. The normalized spacial score (nSPS) is 10.1. The number of nitrogens with one attached hydrogen (secondary N) is 3. The van der Waals surface area contributed by atoms with Gasteiger partial charge >= 0.3 is 11.9 Å². The molecule has 0 atom stereocenters. The van der Waals surface area contributed by atoms with Crippen LogP contribution in [0.15, 0.2) is 36.4 Å². The highest BCUT2D eigenvalue weighted by molar-refractivity contribution is 5.87. The van der Waals surface area contributed by atoms with Crippen LogP contribution in [0.3, 0.4) is 0 Å². The van der Waals surface area contributed by atoms with Crippen molar-refractivity contribution >= 4 is 11.9 Å². The quantitative estimate of drug-likeness (QED) is 0.340. The summed E-state index contributed by atoms with van der Waals surface area (Å²) < 4.78 is 9.34. The molecule has 9 heteroatoms. The molecular weight excluding hydrogens is 398 g/mol. The monoisotopic (exact) mass is 431 g/mol. The molecule has 31 heavy (non-hydrogen) atoms. The maximum Gasteiger partial charge on any atom is 0.356 e. The van der Waals surface area contributed by atoms with Crippen molar-refractivity contribution in [3.05, 3.63) is 59.2 Å². The number of methoxy groups -OCH3 is 2. The molecule has 2 aromatic rings. The van der Waals surface area contributed by atoms with Gasteiger partial charge in [-0.15, -0.1) is 0 Å². The number of aromatic nitrogens is 2. The van der Waals surface area contributed by atoms with Crippen LogP contribution in [0.1, 0.15) is 46.2 Å². The van der Waals surface area contributed by atoms with E-state index in [0.29, 0.717) is 24.5 Å². The molecule has 2 heterocycles. The van der Waals surface area contributed by atoms with Crippen LogP contribution in [0, 0.1) is 0 Å². The summed E-state index contributed by atoms with van der Waals surface area (Å²) in [4.78, 5) is 31.4. The Bertz CT molecular complexity index is 735. The third-order valence-corrected chi connectivity index (χ3v) is 3.97. The molecule has 0 fully saturated rings. The number of rotatable bonds is 12. The van der Waals surface area contributed by atoms with Crippen molar-refractivity contribution in [3.8, 4) is 0 Å². The van der Waals surface area contributed by atoms with Crippen molar-refractivity contribution in [2.45, 2.75) is 26.9 Å². The van der Waals surface area contributed by atoms with Gasteiger partial charge in [-0.3, -0.25) is 0 Å². The van der Waals surface area contributed by atoms with Crippen molar-refractivity contribution in [1.82, 2.24) is 25.9 Å². The maximum atomic E-state index is 11.5. The fraction of sp³-hybridized carbons (Fsp3) is 0.455. The minimum absolute atomic E-state index is 0.308. The first-order chi connectivity index (χ1) is 15.1. The van der Waals surface area contributed by atoms with Gasteiger partial charge in [0.15, 0.2) is 0 Å². The first-order valence-electron chi connectivity index (χ1n) is 10.3. The predicted octanol–water partition coefficient (Wildman–Crippen LogP) is 1.55. The van der Waals surface area contributed by atoms with E-state index in [2.05, 4.69) is 35.4 Å². The van der Waals surface area contributed by atoms with Gasteiger partial charge in [-0.05, 0) is 24.3 Å². The van der Waals surface area contributed by atoms with E-state index in [1.807, 2.05) is 26.0 Å². The third-order valence-electron chi connectivity index (χ3n) is 3.97. The topological polar surface area (TPSA) is 114 Å². The molecule has 0 amide bonds. The summed E-state index contributed by atoms with van der Waals surface area (Å²) in [6.45, 7) is 8.29. The highest BCUT2D eigenvalue weighted by atomic mass is 16.5.